The predicted molar refractivity (Wildman–Crippen MR) is 116 cm³/mol. The summed E-state index contributed by atoms with van der Waals surface area (Å²) in [7, 11) is -3.41. The van der Waals surface area contributed by atoms with E-state index in [9.17, 15) is 18.3 Å². The monoisotopic (exact) mass is 438 g/mol. The van der Waals surface area contributed by atoms with Crippen LogP contribution < -0.4 is 4.72 Å². The zero-order chi connectivity index (χ0) is 21.9. The zero-order valence-corrected chi connectivity index (χ0v) is 18.9. The van der Waals surface area contributed by atoms with Crippen LogP contribution in [-0.4, -0.2) is 67.5 Å². The quantitative estimate of drug-likeness (QED) is 0.679. The molecule has 0 bridgehead atoms. The van der Waals surface area contributed by atoms with E-state index >= 15 is 0 Å². The van der Waals surface area contributed by atoms with Crippen LogP contribution in [0.4, 0.5) is 0 Å². The molecular weight excluding hydrogens is 404 g/mol. The van der Waals surface area contributed by atoms with Crippen molar-refractivity contribution in [2.24, 2.45) is 0 Å². The van der Waals surface area contributed by atoms with Crippen LogP contribution in [0.3, 0.4) is 0 Å². The molecule has 2 N–H and O–H groups in total. The van der Waals surface area contributed by atoms with Crippen LogP contribution in [0.1, 0.15) is 57.4 Å². The first-order valence-corrected chi connectivity index (χ1v) is 12.6. The molecule has 0 spiro atoms. The molecule has 1 aromatic rings. The van der Waals surface area contributed by atoms with Crippen molar-refractivity contribution in [3.05, 3.63) is 35.9 Å². The van der Waals surface area contributed by atoms with Gasteiger partial charge in [0.15, 0.2) is 0 Å². The number of carbonyl (C=O) groups is 1. The van der Waals surface area contributed by atoms with Crippen molar-refractivity contribution in [3.63, 3.8) is 0 Å². The Bertz CT molecular complexity index is 814. The fraction of sp³-hybridized carbons (Fsp3) is 0.682. The molecule has 2 atom stereocenters. The van der Waals surface area contributed by atoms with Gasteiger partial charge >= 0.3 is 0 Å². The lowest BCUT2D eigenvalue weighted by Gasteiger charge is -2.34. The topological polar surface area (TPSA) is 95.9 Å². The van der Waals surface area contributed by atoms with Gasteiger partial charge in [0.05, 0.1) is 25.0 Å². The van der Waals surface area contributed by atoms with Crippen molar-refractivity contribution in [2.75, 3.05) is 19.4 Å². The lowest BCUT2D eigenvalue weighted by atomic mass is 9.83. The van der Waals surface area contributed by atoms with E-state index in [0.717, 1.165) is 31.9 Å². The Kier molecular flexibility index (Phi) is 7.22. The number of nitrogens with one attached hydrogen (secondary N) is 1. The smallest absolute Gasteiger partial charge is 0.254 e. The van der Waals surface area contributed by atoms with Crippen molar-refractivity contribution in [3.8, 4) is 0 Å². The molecule has 1 saturated heterocycles. The van der Waals surface area contributed by atoms with Crippen LogP contribution in [0.25, 0.3) is 0 Å². The molecule has 1 saturated carbocycles. The van der Waals surface area contributed by atoms with E-state index in [1.165, 1.54) is 19.4 Å². The number of sulfonamides is 1. The number of benzene rings is 1. The van der Waals surface area contributed by atoms with Gasteiger partial charge in [-0.15, -0.1) is 0 Å². The van der Waals surface area contributed by atoms with Gasteiger partial charge in [-0.2, -0.15) is 0 Å². The number of amides is 1. The minimum atomic E-state index is -3.41. The first-order valence-electron chi connectivity index (χ1n) is 10.7. The number of hydrogen-bond donors (Lipinski definition) is 2. The Labute approximate surface area is 179 Å². The van der Waals surface area contributed by atoms with Crippen LogP contribution in [0.2, 0.25) is 0 Å². The van der Waals surface area contributed by atoms with Gasteiger partial charge in [-0.05, 0) is 57.4 Å². The van der Waals surface area contributed by atoms with E-state index in [1.54, 1.807) is 4.90 Å². The van der Waals surface area contributed by atoms with Crippen LogP contribution in [-0.2, 0) is 19.6 Å². The van der Waals surface area contributed by atoms with Gasteiger partial charge in [-0.1, -0.05) is 30.3 Å². The average Bonchev–Trinajstić information content (AvgIpc) is 3.06. The molecule has 8 heteroatoms. The summed E-state index contributed by atoms with van der Waals surface area (Å²) in [5.41, 5.74) is -0.141. The largest absolute Gasteiger partial charge is 0.381 e. The fourth-order valence-electron chi connectivity index (χ4n) is 4.60. The highest BCUT2D eigenvalue weighted by molar-refractivity contribution is 7.88. The van der Waals surface area contributed by atoms with Crippen LogP contribution in [0, 0.1) is 0 Å². The SMILES string of the molecule is CC(C)(O)C(=O)N1CCC(NS(C)(=O)=O)C1CO[C@H]1CC[C@@H](c2ccccc2)CC1. The van der Waals surface area contributed by atoms with Gasteiger partial charge in [-0.3, -0.25) is 4.79 Å². The summed E-state index contributed by atoms with van der Waals surface area (Å²) in [4.78, 5) is 14.3. The Balaban J connectivity index is 1.60. The van der Waals surface area contributed by atoms with Crippen molar-refractivity contribution < 1.29 is 23.1 Å². The van der Waals surface area contributed by atoms with Crippen LogP contribution in [0.15, 0.2) is 30.3 Å². The molecular formula is C22H34N2O5S. The number of carbonyl (C=O) groups excluding carboxylic acids is 1. The van der Waals surface area contributed by atoms with Gasteiger partial charge in [0.25, 0.3) is 5.91 Å². The maximum Gasteiger partial charge on any atom is 0.254 e. The van der Waals surface area contributed by atoms with E-state index < -0.39 is 33.6 Å². The number of likely N-dealkylation sites (tertiary alicyclic amines) is 1. The molecule has 1 aliphatic carbocycles. The summed E-state index contributed by atoms with van der Waals surface area (Å²) in [6, 6.07) is 9.68. The molecule has 0 radical (unpaired) electrons. The Morgan fingerprint density at radius 1 is 1.17 bits per heavy atom. The van der Waals surface area contributed by atoms with Crippen molar-refractivity contribution >= 4 is 15.9 Å². The second kappa shape index (κ2) is 9.34. The minimum absolute atomic E-state index is 0.100. The van der Waals surface area contributed by atoms with E-state index in [2.05, 4.69) is 29.0 Å². The highest BCUT2D eigenvalue weighted by Crippen LogP contribution is 2.34. The summed E-state index contributed by atoms with van der Waals surface area (Å²) in [5, 5.41) is 10.2. The Morgan fingerprint density at radius 3 is 2.37 bits per heavy atom. The Morgan fingerprint density at radius 2 is 1.80 bits per heavy atom. The molecule has 0 aromatic heterocycles. The molecule has 2 unspecified atom stereocenters. The van der Waals surface area contributed by atoms with Crippen molar-refractivity contribution in [2.45, 2.75) is 75.7 Å². The first kappa shape index (κ1) is 23.2. The van der Waals surface area contributed by atoms with Gasteiger partial charge in [0, 0.05) is 12.6 Å². The lowest BCUT2D eigenvalue weighted by Crippen LogP contribution is -2.53. The van der Waals surface area contributed by atoms with E-state index in [0.29, 0.717) is 18.9 Å². The molecule has 30 heavy (non-hydrogen) atoms. The van der Waals surface area contributed by atoms with Crippen LogP contribution in [0.5, 0.6) is 0 Å². The maximum absolute atomic E-state index is 12.7. The molecule has 2 fully saturated rings. The highest BCUT2D eigenvalue weighted by Gasteiger charge is 2.43. The first-order chi connectivity index (χ1) is 14.0. The third-order valence-corrected chi connectivity index (χ3v) is 6.87. The van der Waals surface area contributed by atoms with Crippen LogP contribution >= 0.6 is 0 Å². The highest BCUT2D eigenvalue weighted by atomic mass is 32.2. The second-order valence-electron chi connectivity index (χ2n) is 9.13. The molecule has 1 amide bonds. The second-order valence-corrected chi connectivity index (χ2v) is 10.9. The third kappa shape index (κ3) is 6.03. The molecule has 2 aliphatic rings. The summed E-state index contributed by atoms with van der Waals surface area (Å²) in [6.45, 7) is 3.56. The van der Waals surface area contributed by atoms with Gasteiger partial charge in [-0.25, -0.2) is 13.1 Å². The number of ether oxygens (including phenoxy) is 1. The fourth-order valence-corrected chi connectivity index (χ4v) is 5.42. The zero-order valence-electron chi connectivity index (χ0n) is 18.1. The van der Waals surface area contributed by atoms with Crippen molar-refractivity contribution in [1.29, 1.82) is 0 Å². The number of hydrogen-bond acceptors (Lipinski definition) is 5. The predicted octanol–water partition coefficient (Wildman–Crippen LogP) is 2.02. The summed E-state index contributed by atoms with van der Waals surface area (Å²) in [5.74, 6) is 0.145. The summed E-state index contributed by atoms with van der Waals surface area (Å²) >= 11 is 0. The Hall–Kier alpha value is -1.48. The normalized spacial score (nSPS) is 27.9. The molecule has 168 valence electrons. The molecule has 7 nitrogen and oxygen atoms in total. The van der Waals surface area contributed by atoms with E-state index in [-0.39, 0.29) is 12.7 Å². The van der Waals surface area contributed by atoms with Gasteiger partial charge in [0.2, 0.25) is 10.0 Å². The third-order valence-electron chi connectivity index (χ3n) is 6.14. The number of rotatable bonds is 7. The van der Waals surface area contributed by atoms with E-state index in [1.807, 2.05) is 6.07 Å². The minimum Gasteiger partial charge on any atom is -0.381 e. The standard InChI is InChI=1S/C22H34N2O5S/c1-22(2,26)21(25)24-14-13-19(23-30(3,27)28)20(24)15-29-18-11-9-17(10-12-18)16-7-5-4-6-8-16/h4-8,17-20,23,26H,9-15H2,1-3H3/t17-,18+,19?,20?. The summed E-state index contributed by atoms with van der Waals surface area (Å²) < 4.78 is 32.4. The maximum atomic E-state index is 12.7. The molecule has 3 rings (SSSR count). The molecule has 1 aromatic carbocycles. The summed E-state index contributed by atoms with van der Waals surface area (Å²) in [6.07, 6.45) is 5.71. The number of aliphatic hydroxyl groups is 1. The average molecular weight is 439 g/mol. The number of nitrogens with zero attached hydrogens (tertiary/aromatic N) is 1. The molecule has 1 heterocycles. The van der Waals surface area contributed by atoms with Gasteiger partial charge < -0.3 is 14.7 Å². The molecule has 1 aliphatic heterocycles. The van der Waals surface area contributed by atoms with Crippen molar-refractivity contribution in [1.82, 2.24) is 9.62 Å². The van der Waals surface area contributed by atoms with Gasteiger partial charge in [0.1, 0.15) is 5.60 Å². The lowest BCUT2D eigenvalue weighted by molar-refractivity contribution is -0.150. The van der Waals surface area contributed by atoms with E-state index in [4.69, 9.17) is 4.74 Å².